The highest BCUT2D eigenvalue weighted by molar-refractivity contribution is 6.64. The van der Waals surface area contributed by atoms with Crippen LogP contribution in [0.5, 0.6) is 0 Å². The van der Waals surface area contributed by atoms with Crippen molar-refractivity contribution in [1.82, 2.24) is 16.0 Å². The molecule has 17 heteroatoms. The molecular weight excluding hydrogens is 659 g/mol. The number of ether oxygens (including phenoxy) is 3. The fourth-order valence-corrected chi connectivity index (χ4v) is 4.75. The Morgan fingerprint density at radius 3 is 1.16 bits per heavy atom. The normalized spacial score (nSPS) is 13.4. The molecule has 3 aromatic carbocycles. The zero-order chi connectivity index (χ0) is 37.5. The van der Waals surface area contributed by atoms with Crippen molar-refractivity contribution >= 4 is 55.3 Å². The Balaban J connectivity index is 1.52. The summed E-state index contributed by atoms with van der Waals surface area (Å²) in [4.78, 5) is 38.0. The molecule has 0 bridgehead atoms. The molecule has 3 amide bonds. The average molecular weight is 705 g/mol. The molecule has 3 unspecified atom stereocenters. The quantitative estimate of drug-likeness (QED) is 0.0605. The van der Waals surface area contributed by atoms with Gasteiger partial charge in [0.05, 0.1) is 33.0 Å². The second kappa shape index (κ2) is 20.7. The summed E-state index contributed by atoms with van der Waals surface area (Å²) < 4.78 is 17.8. The largest absolute Gasteiger partial charge is 0.488 e. The zero-order valence-corrected chi connectivity index (χ0v) is 29.2. The van der Waals surface area contributed by atoms with Gasteiger partial charge in [0, 0.05) is 34.8 Å². The van der Waals surface area contributed by atoms with Gasteiger partial charge in [0.2, 0.25) is 0 Å². The van der Waals surface area contributed by atoms with Crippen LogP contribution in [0.25, 0.3) is 0 Å². The molecule has 3 atom stereocenters. The fraction of sp³-hybridized carbons (Fsp3) is 0.382. The first-order chi connectivity index (χ1) is 24.2. The van der Waals surface area contributed by atoms with E-state index in [9.17, 15) is 39.5 Å². The summed E-state index contributed by atoms with van der Waals surface area (Å²) in [6.45, 7) is 6.93. The van der Waals surface area contributed by atoms with Crippen molar-refractivity contribution in [2.75, 3.05) is 33.0 Å². The second-order valence-electron chi connectivity index (χ2n) is 12.4. The Bertz CT molecular complexity index is 1450. The molecule has 0 heterocycles. The molecule has 14 nitrogen and oxygen atoms in total. The highest BCUT2D eigenvalue weighted by Crippen LogP contribution is 2.05. The maximum Gasteiger partial charge on any atom is 0.488 e. The summed E-state index contributed by atoms with van der Waals surface area (Å²) in [6.07, 6.45) is -0.574. The first-order valence-electron chi connectivity index (χ1n) is 16.6. The third kappa shape index (κ3) is 14.2. The fourth-order valence-electron chi connectivity index (χ4n) is 4.75. The number of carbonyl (C=O) groups excluding carboxylic acids is 3. The van der Waals surface area contributed by atoms with Crippen LogP contribution in [0.3, 0.4) is 0 Å². The van der Waals surface area contributed by atoms with Gasteiger partial charge in [0.15, 0.2) is 0 Å². The van der Waals surface area contributed by atoms with Crippen molar-refractivity contribution in [2.24, 2.45) is 0 Å². The van der Waals surface area contributed by atoms with E-state index in [-0.39, 0.29) is 79.8 Å². The molecule has 0 radical (unpaired) electrons. The van der Waals surface area contributed by atoms with Crippen LogP contribution in [0.4, 0.5) is 0 Å². The molecule has 0 aliphatic heterocycles. The van der Waals surface area contributed by atoms with Crippen molar-refractivity contribution in [3.63, 3.8) is 0 Å². The number of rotatable bonds is 20. The number of hydrogen-bond acceptors (Lipinski definition) is 11. The Morgan fingerprint density at radius 2 is 0.843 bits per heavy atom. The van der Waals surface area contributed by atoms with Crippen LogP contribution in [0.2, 0.25) is 6.82 Å². The average Bonchev–Trinajstić information content (AvgIpc) is 3.10. The van der Waals surface area contributed by atoms with E-state index in [4.69, 9.17) is 14.2 Å². The third-order valence-corrected chi connectivity index (χ3v) is 7.65. The lowest BCUT2D eigenvalue weighted by molar-refractivity contribution is -0.0671. The van der Waals surface area contributed by atoms with E-state index in [0.29, 0.717) is 22.2 Å². The molecule has 0 aliphatic rings. The Kier molecular flexibility index (Phi) is 16.8. The molecule has 0 spiro atoms. The number of nitrogens with one attached hydrogen (secondary N) is 3. The lowest BCUT2D eigenvalue weighted by Gasteiger charge is -2.23. The first kappa shape index (κ1) is 41.4. The Hall–Kier alpha value is -4.06. The number of carbonyl (C=O) groups is 3. The minimum Gasteiger partial charge on any atom is -0.447 e. The standard InChI is InChI=1S/C34H46B3N3O11/c1-22(38-32(41)26-7-13-29(14-8-26)36(45)46)17-49-20-31(51-19-24(3)40-34(43)25-5-11-28(12-6-25)35(4)44)21-50-18-23(2)39-33(42)27-9-15-30(16-10-27)37(47)48/h5-16,22-24,31,44-48H,17-21H2,1-4H3,(H,38,41)(H,39,42)(H,40,43). The smallest absolute Gasteiger partial charge is 0.447 e. The molecule has 0 aliphatic carbocycles. The van der Waals surface area contributed by atoms with Crippen LogP contribution >= 0.6 is 0 Å². The molecule has 8 N–H and O–H groups in total. The van der Waals surface area contributed by atoms with Crippen LogP contribution in [-0.2, 0) is 14.2 Å². The van der Waals surface area contributed by atoms with Gasteiger partial charge >= 0.3 is 21.2 Å². The van der Waals surface area contributed by atoms with E-state index >= 15 is 0 Å². The predicted molar refractivity (Wildman–Crippen MR) is 195 cm³/mol. The van der Waals surface area contributed by atoms with E-state index < -0.39 is 27.3 Å². The molecule has 0 aromatic heterocycles. The lowest BCUT2D eigenvalue weighted by Crippen LogP contribution is -2.41. The minimum absolute atomic E-state index is 0.0918. The molecule has 0 saturated carbocycles. The molecule has 0 fully saturated rings. The Labute approximate surface area is 298 Å². The molecule has 3 aromatic rings. The first-order valence-corrected chi connectivity index (χ1v) is 16.6. The van der Waals surface area contributed by atoms with Crippen molar-refractivity contribution < 1.29 is 53.7 Å². The van der Waals surface area contributed by atoms with Crippen LogP contribution in [0.1, 0.15) is 51.8 Å². The van der Waals surface area contributed by atoms with Crippen LogP contribution in [0.15, 0.2) is 72.8 Å². The highest BCUT2D eigenvalue weighted by Gasteiger charge is 2.19. The summed E-state index contributed by atoms with van der Waals surface area (Å²) in [6, 6.07) is 17.3. The second-order valence-corrected chi connectivity index (χ2v) is 12.4. The van der Waals surface area contributed by atoms with Gasteiger partial charge in [-0.05, 0) is 73.6 Å². The molecule has 51 heavy (non-hydrogen) atoms. The highest BCUT2D eigenvalue weighted by atomic mass is 16.6. The van der Waals surface area contributed by atoms with Crippen LogP contribution < -0.4 is 32.3 Å². The Morgan fingerprint density at radius 1 is 0.529 bits per heavy atom. The number of amides is 3. The van der Waals surface area contributed by atoms with Gasteiger partial charge in [-0.3, -0.25) is 14.4 Å². The van der Waals surface area contributed by atoms with Gasteiger partial charge < -0.3 is 55.3 Å². The SMILES string of the molecule is CB(O)c1ccc(C(=O)NC(C)COC(COCC(C)NC(=O)c2ccc(B(O)O)cc2)COCC(C)NC(=O)c2ccc(B(O)O)cc2)cc1. The van der Waals surface area contributed by atoms with E-state index in [1.165, 1.54) is 48.5 Å². The molecule has 272 valence electrons. The maximum absolute atomic E-state index is 12.8. The van der Waals surface area contributed by atoms with Crippen molar-refractivity contribution in [1.29, 1.82) is 0 Å². The lowest BCUT2D eigenvalue weighted by atomic mass is 9.64. The van der Waals surface area contributed by atoms with Crippen molar-refractivity contribution in [2.45, 2.75) is 51.8 Å². The monoisotopic (exact) mass is 705 g/mol. The van der Waals surface area contributed by atoms with Gasteiger partial charge in [-0.25, -0.2) is 0 Å². The molecule has 3 rings (SSSR count). The van der Waals surface area contributed by atoms with Gasteiger partial charge in [0.25, 0.3) is 17.7 Å². The van der Waals surface area contributed by atoms with E-state index in [1.54, 1.807) is 51.9 Å². The summed E-state index contributed by atoms with van der Waals surface area (Å²) in [5, 5.41) is 55.3. The van der Waals surface area contributed by atoms with Crippen molar-refractivity contribution in [3.05, 3.63) is 89.5 Å². The summed E-state index contributed by atoms with van der Waals surface area (Å²) in [5.74, 6) is -1.01. The number of hydrogen-bond donors (Lipinski definition) is 8. The van der Waals surface area contributed by atoms with Gasteiger partial charge in [0.1, 0.15) is 6.10 Å². The van der Waals surface area contributed by atoms with E-state index in [0.717, 1.165) is 0 Å². The van der Waals surface area contributed by atoms with E-state index in [2.05, 4.69) is 16.0 Å². The number of benzene rings is 3. The topological polar surface area (TPSA) is 216 Å². The minimum atomic E-state index is -1.63. The predicted octanol–water partition coefficient (Wildman–Crippen LogP) is -1.96. The third-order valence-electron chi connectivity index (χ3n) is 7.65. The van der Waals surface area contributed by atoms with Gasteiger partial charge in [-0.15, -0.1) is 0 Å². The van der Waals surface area contributed by atoms with Crippen LogP contribution in [0, 0.1) is 0 Å². The summed E-state index contributed by atoms with van der Waals surface area (Å²) >= 11 is 0. The zero-order valence-electron chi connectivity index (χ0n) is 29.2. The van der Waals surface area contributed by atoms with Gasteiger partial charge in [-0.1, -0.05) is 43.2 Å². The van der Waals surface area contributed by atoms with Crippen molar-refractivity contribution in [3.8, 4) is 0 Å². The van der Waals surface area contributed by atoms with Gasteiger partial charge in [-0.2, -0.15) is 0 Å². The summed E-state index contributed by atoms with van der Waals surface area (Å²) in [7, 11) is -3.26. The van der Waals surface area contributed by atoms with E-state index in [1.807, 2.05) is 0 Å². The van der Waals surface area contributed by atoms with Crippen LogP contribution in [-0.4, -0.2) is 121 Å². The molecular formula is C34H46B3N3O11. The molecule has 0 saturated heterocycles. The maximum atomic E-state index is 12.8. The summed E-state index contributed by atoms with van der Waals surface area (Å²) in [5.41, 5.74) is 2.36.